The van der Waals surface area contributed by atoms with Gasteiger partial charge in [-0.05, 0) is 47.2 Å². The van der Waals surface area contributed by atoms with E-state index in [0.29, 0.717) is 10.8 Å². The van der Waals surface area contributed by atoms with Gasteiger partial charge in [-0.2, -0.15) is 0 Å². The predicted molar refractivity (Wildman–Crippen MR) is 105 cm³/mol. The van der Waals surface area contributed by atoms with Gasteiger partial charge in [0.1, 0.15) is 11.5 Å². The van der Waals surface area contributed by atoms with Crippen LogP contribution in [0.3, 0.4) is 0 Å². The van der Waals surface area contributed by atoms with Crippen molar-refractivity contribution in [1.82, 2.24) is 0 Å². The topological polar surface area (TPSA) is 86.5 Å². The van der Waals surface area contributed by atoms with Crippen molar-refractivity contribution < 1.29 is 17.9 Å². The second kappa shape index (κ2) is 6.93. The Morgan fingerprint density at radius 3 is 2.37 bits per heavy atom. The maximum Gasteiger partial charge on any atom is 0.238 e. The second-order valence-electron chi connectivity index (χ2n) is 7.49. The van der Waals surface area contributed by atoms with Gasteiger partial charge in [-0.25, -0.2) is 13.6 Å². The molecule has 5 nitrogen and oxygen atoms in total. The van der Waals surface area contributed by atoms with Crippen molar-refractivity contribution >= 4 is 27.4 Å². The number of hydrogen-bond donors (Lipinski definition) is 1. The summed E-state index contributed by atoms with van der Waals surface area (Å²) in [5.41, 5.74) is 1.50. The number of nitrogens with two attached hydrogens (primary N) is 1. The molecule has 144 valence electrons. The summed E-state index contributed by atoms with van der Waals surface area (Å²) in [5, 5.41) is 5.71. The Balaban J connectivity index is 1.81. The minimum Gasteiger partial charge on any atom is -0.496 e. The Morgan fingerprint density at radius 1 is 1.19 bits per heavy atom. The lowest BCUT2D eigenvalue weighted by molar-refractivity contribution is -0.120. The van der Waals surface area contributed by atoms with E-state index in [1.165, 1.54) is 12.1 Å². The molecule has 3 rings (SSSR count). The van der Waals surface area contributed by atoms with E-state index in [9.17, 15) is 13.2 Å². The molecule has 0 amide bonds. The number of sulfonamides is 1. The SMILES string of the molecule is COc1ccc(Cl)cc1CC(=O)C1C(c2ccc(S(N)(=O)=O)cc2)C1(C)C. The number of benzene rings is 2. The van der Waals surface area contributed by atoms with Crippen LogP contribution in [0.4, 0.5) is 0 Å². The minimum atomic E-state index is -3.73. The summed E-state index contributed by atoms with van der Waals surface area (Å²) < 4.78 is 28.2. The Bertz CT molecular complexity index is 984. The maximum atomic E-state index is 13.0. The molecular formula is C20H22ClNO4S. The summed E-state index contributed by atoms with van der Waals surface area (Å²) in [6.45, 7) is 4.09. The third-order valence-electron chi connectivity index (χ3n) is 5.35. The summed E-state index contributed by atoms with van der Waals surface area (Å²) >= 11 is 6.06. The monoisotopic (exact) mass is 407 g/mol. The van der Waals surface area contributed by atoms with Gasteiger partial charge in [0.05, 0.1) is 12.0 Å². The van der Waals surface area contributed by atoms with E-state index >= 15 is 0 Å². The normalized spacial score (nSPS) is 20.9. The number of carbonyl (C=O) groups excluding carboxylic acids is 1. The fourth-order valence-corrected chi connectivity index (χ4v) is 4.62. The third-order valence-corrected chi connectivity index (χ3v) is 6.51. The van der Waals surface area contributed by atoms with Crippen molar-refractivity contribution in [2.24, 2.45) is 16.5 Å². The molecule has 2 atom stereocenters. The molecule has 7 heteroatoms. The highest BCUT2D eigenvalue weighted by molar-refractivity contribution is 7.89. The van der Waals surface area contributed by atoms with Crippen molar-refractivity contribution in [1.29, 1.82) is 0 Å². The quantitative estimate of drug-likeness (QED) is 0.793. The number of ketones is 1. The van der Waals surface area contributed by atoms with Crippen LogP contribution in [-0.2, 0) is 21.2 Å². The molecule has 0 aliphatic heterocycles. The third kappa shape index (κ3) is 3.88. The van der Waals surface area contributed by atoms with E-state index < -0.39 is 10.0 Å². The lowest BCUT2D eigenvalue weighted by atomic mass is 10.0. The average Bonchev–Trinajstić information content (AvgIpc) is 3.17. The molecule has 0 heterocycles. The molecule has 0 bridgehead atoms. The number of rotatable bonds is 6. The van der Waals surface area contributed by atoms with E-state index in [1.807, 2.05) is 13.8 Å². The number of carbonyl (C=O) groups is 1. The molecule has 1 aliphatic rings. The summed E-state index contributed by atoms with van der Waals surface area (Å²) in [6, 6.07) is 11.7. The van der Waals surface area contributed by atoms with Gasteiger partial charge in [0.25, 0.3) is 0 Å². The highest BCUT2D eigenvalue weighted by atomic mass is 35.5. The molecule has 2 N–H and O–H groups in total. The molecule has 1 aliphatic carbocycles. The maximum absolute atomic E-state index is 13.0. The smallest absolute Gasteiger partial charge is 0.238 e. The van der Waals surface area contributed by atoms with Crippen molar-refractivity contribution in [3.05, 3.63) is 58.6 Å². The molecule has 1 fully saturated rings. The van der Waals surface area contributed by atoms with Crippen LogP contribution in [0.5, 0.6) is 5.75 Å². The first-order chi connectivity index (χ1) is 12.6. The summed E-state index contributed by atoms with van der Waals surface area (Å²) in [6.07, 6.45) is 0.240. The highest BCUT2D eigenvalue weighted by Crippen LogP contribution is 2.65. The highest BCUT2D eigenvalue weighted by Gasteiger charge is 2.61. The van der Waals surface area contributed by atoms with Gasteiger partial charge in [0.2, 0.25) is 10.0 Å². The average molecular weight is 408 g/mol. The second-order valence-corrected chi connectivity index (χ2v) is 9.49. The lowest BCUT2D eigenvalue weighted by Gasteiger charge is -2.09. The van der Waals surface area contributed by atoms with E-state index in [1.54, 1.807) is 37.4 Å². The van der Waals surface area contributed by atoms with Gasteiger partial charge in [0.15, 0.2) is 0 Å². The molecule has 27 heavy (non-hydrogen) atoms. The zero-order valence-electron chi connectivity index (χ0n) is 15.4. The molecule has 2 unspecified atom stereocenters. The zero-order chi connectivity index (χ0) is 20.0. The van der Waals surface area contributed by atoms with Crippen LogP contribution in [0.1, 0.15) is 30.9 Å². The van der Waals surface area contributed by atoms with Crippen molar-refractivity contribution in [3.8, 4) is 5.75 Å². The van der Waals surface area contributed by atoms with Crippen molar-refractivity contribution in [3.63, 3.8) is 0 Å². The molecule has 2 aromatic rings. The van der Waals surface area contributed by atoms with Crippen LogP contribution in [0.15, 0.2) is 47.4 Å². The first kappa shape index (κ1) is 19.9. The number of Topliss-reactive ketones (excluding diaryl/α,β-unsaturated/α-hetero) is 1. The van der Waals surface area contributed by atoms with Gasteiger partial charge >= 0.3 is 0 Å². The van der Waals surface area contributed by atoms with Crippen LogP contribution in [0, 0.1) is 11.3 Å². The van der Waals surface area contributed by atoms with E-state index in [0.717, 1.165) is 11.1 Å². The van der Waals surface area contributed by atoms with Crippen LogP contribution in [-0.4, -0.2) is 21.3 Å². The van der Waals surface area contributed by atoms with Gasteiger partial charge in [-0.1, -0.05) is 37.6 Å². The fourth-order valence-electron chi connectivity index (χ4n) is 3.91. The zero-order valence-corrected chi connectivity index (χ0v) is 17.0. The molecule has 0 aromatic heterocycles. The Hall–Kier alpha value is -1.89. The molecular weight excluding hydrogens is 386 g/mol. The molecule has 1 saturated carbocycles. The Kier molecular flexibility index (Phi) is 5.10. The van der Waals surface area contributed by atoms with Crippen LogP contribution < -0.4 is 9.88 Å². The van der Waals surface area contributed by atoms with Gasteiger partial charge in [0, 0.05) is 22.9 Å². The van der Waals surface area contributed by atoms with E-state index in [4.69, 9.17) is 21.5 Å². The first-order valence-corrected chi connectivity index (χ1v) is 10.5. The standard InChI is InChI=1S/C20H22ClNO4S/c1-20(2)18(12-4-7-15(8-5-12)27(22,24)25)19(20)16(23)11-13-10-14(21)6-9-17(13)26-3/h4-10,18-19H,11H2,1-3H3,(H2,22,24,25). The van der Waals surface area contributed by atoms with Crippen LogP contribution in [0.2, 0.25) is 5.02 Å². The van der Waals surface area contributed by atoms with Crippen molar-refractivity contribution in [2.45, 2.75) is 31.1 Å². The largest absolute Gasteiger partial charge is 0.496 e. The number of ether oxygens (including phenoxy) is 1. The predicted octanol–water partition coefficient (Wildman–Crippen LogP) is 3.55. The summed E-state index contributed by atoms with van der Waals surface area (Å²) in [5.74, 6) is 0.632. The molecule has 0 saturated heterocycles. The van der Waals surface area contributed by atoms with Gasteiger partial charge in [-0.3, -0.25) is 4.79 Å². The van der Waals surface area contributed by atoms with E-state index in [2.05, 4.69) is 0 Å². The first-order valence-electron chi connectivity index (χ1n) is 8.53. The molecule has 0 radical (unpaired) electrons. The fraction of sp³-hybridized carbons (Fsp3) is 0.350. The summed E-state index contributed by atoms with van der Waals surface area (Å²) in [7, 11) is -2.17. The van der Waals surface area contributed by atoms with Crippen LogP contribution >= 0.6 is 11.6 Å². The Morgan fingerprint density at radius 2 is 1.81 bits per heavy atom. The summed E-state index contributed by atoms with van der Waals surface area (Å²) in [4.78, 5) is 13.0. The number of halogens is 1. The van der Waals surface area contributed by atoms with Crippen molar-refractivity contribution in [2.75, 3.05) is 7.11 Å². The number of methoxy groups -OCH3 is 1. The molecule has 0 spiro atoms. The number of primary sulfonamides is 1. The number of hydrogen-bond acceptors (Lipinski definition) is 4. The lowest BCUT2D eigenvalue weighted by Crippen LogP contribution is -2.12. The van der Waals surface area contributed by atoms with Gasteiger partial charge in [-0.15, -0.1) is 0 Å². The van der Waals surface area contributed by atoms with Gasteiger partial charge < -0.3 is 4.74 Å². The Labute approximate surface area is 164 Å². The van der Waals surface area contributed by atoms with Crippen LogP contribution in [0.25, 0.3) is 0 Å². The van der Waals surface area contributed by atoms with E-state index in [-0.39, 0.29) is 34.4 Å². The molecule has 2 aromatic carbocycles. The minimum absolute atomic E-state index is 0.0321.